The van der Waals surface area contributed by atoms with Gasteiger partial charge in [0.25, 0.3) is 5.91 Å². The van der Waals surface area contributed by atoms with E-state index in [4.69, 9.17) is 11.6 Å². The topological polar surface area (TPSA) is 75.6 Å². The summed E-state index contributed by atoms with van der Waals surface area (Å²) in [6.45, 7) is 0. The summed E-state index contributed by atoms with van der Waals surface area (Å²) in [5.74, 6) is -2.25. The van der Waals surface area contributed by atoms with Crippen LogP contribution in [0.25, 0.3) is 11.1 Å². The number of amides is 1. The van der Waals surface area contributed by atoms with Gasteiger partial charge < -0.3 is 15.2 Å². The maximum Gasteiger partial charge on any atom is 0.573 e. The molecule has 0 fully saturated rings. The predicted molar refractivity (Wildman–Crippen MR) is 108 cm³/mol. The number of benzene rings is 3. The molecule has 0 saturated heterocycles. The van der Waals surface area contributed by atoms with E-state index in [2.05, 4.69) is 10.1 Å². The lowest BCUT2D eigenvalue weighted by atomic mass is 10.0. The molecule has 0 aliphatic rings. The predicted octanol–water partition coefficient (Wildman–Crippen LogP) is 5.46. The molecular weight excluding hydrogens is 435 g/mol. The number of rotatable bonds is 6. The molecule has 31 heavy (non-hydrogen) atoms. The second-order valence-electron chi connectivity index (χ2n) is 6.42. The van der Waals surface area contributed by atoms with Crippen LogP contribution in [-0.4, -0.2) is 23.3 Å². The van der Waals surface area contributed by atoms with E-state index in [1.165, 1.54) is 48.5 Å². The molecule has 0 saturated carbocycles. The average Bonchev–Trinajstić information content (AvgIpc) is 2.71. The van der Waals surface area contributed by atoms with Gasteiger partial charge in [0.1, 0.15) is 5.75 Å². The molecule has 0 radical (unpaired) electrons. The minimum absolute atomic E-state index is 0.146. The summed E-state index contributed by atoms with van der Waals surface area (Å²) in [6.07, 6.45) is -4.77. The summed E-state index contributed by atoms with van der Waals surface area (Å²) in [5.41, 5.74) is 1.71. The van der Waals surface area contributed by atoms with Crippen LogP contribution in [0.4, 0.5) is 13.2 Å². The number of hydrogen-bond donors (Lipinski definition) is 2. The van der Waals surface area contributed by atoms with Crippen LogP contribution in [0.3, 0.4) is 0 Å². The molecule has 3 rings (SSSR count). The number of halogens is 4. The quantitative estimate of drug-likeness (QED) is 0.524. The van der Waals surface area contributed by atoms with Crippen molar-refractivity contribution < 1.29 is 32.6 Å². The van der Waals surface area contributed by atoms with Crippen LogP contribution in [0, 0.1) is 0 Å². The van der Waals surface area contributed by atoms with Crippen molar-refractivity contribution in [2.24, 2.45) is 0 Å². The van der Waals surface area contributed by atoms with Gasteiger partial charge in [-0.05, 0) is 41.0 Å². The number of carbonyl (C=O) groups is 2. The zero-order valence-corrected chi connectivity index (χ0v) is 16.4. The molecule has 0 spiro atoms. The lowest BCUT2D eigenvalue weighted by molar-refractivity contribution is -0.274. The van der Waals surface area contributed by atoms with Gasteiger partial charge in [0, 0.05) is 0 Å². The van der Waals surface area contributed by atoms with Gasteiger partial charge in [-0.3, -0.25) is 4.79 Å². The summed E-state index contributed by atoms with van der Waals surface area (Å²) < 4.78 is 40.6. The average molecular weight is 450 g/mol. The van der Waals surface area contributed by atoms with Crippen molar-refractivity contribution in [1.82, 2.24) is 5.32 Å². The monoisotopic (exact) mass is 449 g/mol. The van der Waals surface area contributed by atoms with Gasteiger partial charge in [0.05, 0.1) is 10.6 Å². The highest BCUT2D eigenvalue weighted by molar-refractivity contribution is 6.33. The maximum absolute atomic E-state index is 12.4. The van der Waals surface area contributed by atoms with Crippen molar-refractivity contribution in [3.63, 3.8) is 0 Å². The number of carboxylic acids is 1. The van der Waals surface area contributed by atoms with Crippen molar-refractivity contribution in [1.29, 1.82) is 0 Å². The van der Waals surface area contributed by atoms with Crippen molar-refractivity contribution in [2.75, 3.05) is 0 Å². The minimum Gasteiger partial charge on any atom is -0.479 e. The van der Waals surface area contributed by atoms with Crippen molar-refractivity contribution in [3.8, 4) is 16.9 Å². The van der Waals surface area contributed by atoms with Crippen molar-refractivity contribution in [3.05, 3.63) is 88.9 Å². The van der Waals surface area contributed by atoms with E-state index in [0.717, 1.165) is 0 Å². The Morgan fingerprint density at radius 2 is 1.45 bits per heavy atom. The minimum atomic E-state index is -4.77. The largest absolute Gasteiger partial charge is 0.573 e. The number of hydrogen-bond acceptors (Lipinski definition) is 3. The van der Waals surface area contributed by atoms with Gasteiger partial charge in [-0.1, -0.05) is 60.1 Å². The molecule has 1 atom stereocenters. The molecule has 3 aromatic rings. The molecule has 9 heteroatoms. The highest BCUT2D eigenvalue weighted by Crippen LogP contribution is 2.27. The Morgan fingerprint density at radius 3 is 1.97 bits per heavy atom. The lowest BCUT2D eigenvalue weighted by Crippen LogP contribution is -2.33. The van der Waals surface area contributed by atoms with Crippen LogP contribution < -0.4 is 10.1 Å². The van der Waals surface area contributed by atoms with E-state index in [1.807, 2.05) is 0 Å². The summed E-state index contributed by atoms with van der Waals surface area (Å²) in [7, 11) is 0. The Labute approximate surface area is 180 Å². The van der Waals surface area contributed by atoms with Gasteiger partial charge in [0.2, 0.25) is 0 Å². The van der Waals surface area contributed by atoms with Crippen molar-refractivity contribution >= 4 is 23.5 Å². The highest BCUT2D eigenvalue weighted by Gasteiger charge is 2.31. The molecule has 0 bridgehead atoms. The van der Waals surface area contributed by atoms with E-state index in [9.17, 15) is 27.9 Å². The Bertz CT molecular complexity index is 1080. The standard InChI is InChI=1S/C22H15ClF3NO4/c23-18-4-2-1-3-17(18)20(28)27-19(21(29)30)15-7-5-13(6-8-15)14-9-11-16(12-10-14)31-22(24,25)26/h1-12,19H,(H,27,28)(H,29,30). The lowest BCUT2D eigenvalue weighted by Gasteiger charge is -2.16. The number of alkyl halides is 3. The van der Waals surface area contributed by atoms with Gasteiger partial charge in [-0.2, -0.15) is 0 Å². The molecule has 0 aliphatic heterocycles. The molecule has 1 amide bonds. The summed E-state index contributed by atoms with van der Waals surface area (Å²) in [5, 5.41) is 12.2. The number of nitrogens with one attached hydrogen (secondary N) is 1. The van der Waals surface area contributed by atoms with Crippen LogP contribution in [0.1, 0.15) is 22.0 Å². The molecule has 0 aromatic heterocycles. The van der Waals surface area contributed by atoms with Gasteiger partial charge in [-0.25, -0.2) is 4.79 Å². The first kappa shape index (κ1) is 22.2. The Balaban J connectivity index is 1.77. The smallest absolute Gasteiger partial charge is 0.479 e. The Kier molecular flexibility index (Phi) is 6.50. The number of carboxylic acid groups (broad SMARTS) is 1. The number of ether oxygens (including phenoxy) is 1. The van der Waals surface area contributed by atoms with Gasteiger partial charge >= 0.3 is 12.3 Å². The zero-order chi connectivity index (χ0) is 22.6. The third-order valence-corrected chi connectivity index (χ3v) is 4.64. The first-order chi connectivity index (χ1) is 14.6. The fourth-order valence-electron chi connectivity index (χ4n) is 2.86. The second kappa shape index (κ2) is 9.09. The van der Waals surface area contributed by atoms with E-state index in [-0.39, 0.29) is 16.3 Å². The summed E-state index contributed by atoms with van der Waals surface area (Å²) in [4.78, 5) is 24.1. The number of carbonyl (C=O) groups excluding carboxylic acids is 1. The second-order valence-corrected chi connectivity index (χ2v) is 6.83. The molecule has 0 heterocycles. The van der Waals surface area contributed by atoms with Crippen molar-refractivity contribution in [2.45, 2.75) is 12.4 Å². The first-order valence-corrected chi connectivity index (χ1v) is 9.26. The van der Waals surface area contributed by atoms with Crippen LogP contribution >= 0.6 is 11.6 Å². The van der Waals surface area contributed by atoms with Gasteiger partial charge in [-0.15, -0.1) is 13.2 Å². The zero-order valence-electron chi connectivity index (χ0n) is 15.7. The molecule has 160 valence electrons. The molecule has 2 N–H and O–H groups in total. The normalized spacial score (nSPS) is 12.1. The molecule has 3 aromatic carbocycles. The third kappa shape index (κ3) is 5.76. The maximum atomic E-state index is 12.4. The van der Waals surface area contributed by atoms with Crippen LogP contribution in [0.2, 0.25) is 5.02 Å². The van der Waals surface area contributed by atoms with E-state index < -0.39 is 24.3 Å². The molecule has 0 aliphatic carbocycles. The Hall–Kier alpha value is -3.52. The molecular formula is C22H15ClF3NO4. The van der Waals surface area contributed by atoms with E-state index in [1.54, 1.807) is 24.3 Å². The fourth-order valence-corrected chi connectivity index (χ4v) is 3.08. The van der Waals surface area contributed by atoms with Crippen LogP contribution in [0.15, 0.2) is 72.8 Å². The summed E-state index contributed by atoms with van der Waals surface area (Å²) in [6, 6.07) is 16.4. The van der Waals surface area contributed by atoms with E-state index in [0.29, 0.717) is 16.7 Å². The van der Waals surface area contributed by atoms with Gasteiger partial charge in [0.15, 0.2) is 6.04 Å². The third-order valence-electron chi connectivity index (χ3n) is 4.31. The summed E-state index contributed by atoms with van der Waals surface area (Å²) >= 11 is 5.98. The molecule has 5 nitrogen and oxygen atoms in total. The fraction of sp³-hybridized carbons (Fsp3) is 0.0909. The SMILES string of the molecule is O=C(NC(C(=O)O)c1ccc(-c2ccc(OC(F)(F)F)cc2)cc1)c1ccccc1Cl. The highest BCUT2D eigenvalue weighted by atomic mass is 35.5. The molecule has 1 unspecified atom stereocenters. The van der Waals surface area contributed by atoms with Crippen LogP contribution in [0.5, 0.6) is 5.75 Å². The van der Waals surface area contributed by atoms with E-state index >= 15 is 0 Å². The Morgan fingerprint density at radius 1 is 0.903 bits per heavy atom. The number of aliphatic carboxylic acids is 1. The van der Waals surface area contributed by atoms with Crippen LogP contribution in [-0.2, 0) is 4.79 Å². The first-order valence-electron chi connectivity index (χ1n) is 8.88.